The molecule has 2 aromatic rings. The molecule has 0 saturated carbocycles. The number of thioether (sulfide) groups is 1. The smallest absolute Gasteiger partial charge is 0.234 e. The van der Waals surface area contributed by atoms with Gasteiger partial charge in [0.05, 0.1) is 12.6 Å². The van der Waals surface area contributed by atoms with Gasteiger partial charge in [-0.25, -0.2) is 0 Å². The number of hydrogen-bond acceptors (Lipinski definition) is 3. The summed E-state index contributed by atoms with van der Waals surface area (Å²) in [7, 11) is 1.97. The zero-order chi connectivity index (χ0) is 18.4. The number of aryl methyl sites for hydroxylation is 2. The van der Waals surface area contributed by atoms with E-state index in [9.17, 15) is 4.79 Å². The van der Waals surface area contributed by atoms with Gasteiger partial charge in [0, 0.05) is 11.4 Å². The average molecular weight is 357 g/mol. The summed E-state index contributed by atoms with van der Waals surface area (Å²) < 4.78 is 0. The predicted molar refractivity (Wildman–Crippen MR) is 107 cm³/mol. The Bertz CT molecular complexity index is 712. The second-order valence-electron chi connectivity index (χ2n) is 6.65. The lowest BCUT2D eigenvalue weighted by Gasteiger charge is -2.20. The van der Waals surface area contributed by atoms with Crippen molar-refractivity contribution >= 4 is 17.7 Å². The molecule has 134 valence electrons. The number of rotatable bonds is 7. The number of carbonyl (C=O) groups excluding carboxylic acids is 1. The summed E-state index contributed by atoms with van der Waals surface area (Å²) in [5, 5.41) is 3.09. The molecular formula is C21H28N2OS. The summed E-state index contributed by atoms with van der Waals surface area (Å²) in [6, 6.07) is 14.8. The number of carbonyl (C=O) groups is 1. The van der Waals surface area contributed by atoms with Gasteiger partial charge in [0.1, 0.15) is 0 Å². The van der Waals surface area contributed by atoms with Crippen LogP contribution in [0, 0.1) is 13.8 Å². The van der Waals surface area contributed by atoms with Crippen LogP contribution in [0.2, 0.25) is 0 Å². The minimum atomic E-state index is 0.0149. The van der Waals surface area contributed by atoms with Gasteiger partial charge in [-0.05, 0) is 68.5 Å². The maximum absolute atomic E-state index is 12.3. The molecule has 0 radical (unpaired) electrons. The topological polar surface area (TPSA) is 32.3 Å². The summed E-state index contributed by atoms with van der Waals surface area (Å²) in [5.41, 5.74) is 4.89. The molecule has 0 aliphatic rings. The number of benzene rings is 2. The maximum Gasteiger partial charge on any atom is 0.234 e. The largest absolute Gasteiger partial charge is 0.348 e. The molecular weight excluding hydrogens is 328 g/mol. The highest BCUT2D eigenvalue weighted by atomic mass is 32.2. The van der Waals surface area contributed by atoms with E-state index in [0.717, 1.165) is 12.1 Å². The number of likely N-dealkylation sites (N-methyl/N-ethyl adjacent to an activating group) is 1. The standard InChI is InChI=1S/C21H28N2OS/c1-15-6-9-19(12-16(15)2)17(3)22-21(24)14-23(4)13-18-7-10-20(25-5)11-8-18/h6-12,17H,13-14H2,1-5H3,(H,22,24)/t17-/m0/s1. The lowest BCUT2D eigenvalue weighted by atomic mass is 10.0. The Balaban J connectivity index is 1.86. The molecule has 0 bridgehead atoms. The number of hydrogen-bond donors (Lipinski definition) is 1. The third kappa shape index (κ3) is 5.91. The van der Waals surface area contributed by atoms with E-state index >= 15 is 0 Å². The molecule has 1 N–H and O–H groups in total. The van der Waals surface area contributed by atoms with Gasteiger partial charge in [0.15, 0.2) is 0 Å². The SMILES string of the molecule is CSc1ccc(CN(C)CC(=O)N[C@@H](C)c2ccc(C)c(C)c2)cc1. The molecule has 25 heavy (non-hydrogen) atoms. The summed E-state index contributed by atoms with van der Waals surface area (Å²) in [6.07, 6.45) is 2.07. The van der Waals surface area contributed by atoms with Crippen molar-refractivity contribution in [2.75, 3.05) is 19.8 Å². The molecule has 0 unspecified atom stereocenters. The Morgan fingerprint density at radius 2 is 1.80 bits per heavy atom. The summed E-state index contributed by atoms with van der Waals surface area (Å²) in [5.74, 6) is 0.0500. The lowest BCUT2D eigenvalue weighted by Crippen LogP contribution is -2.36. The van der Waals surface area contributed by atoms with Gasteiger partial charge in [-0.15, -0.1) is 11.8 Å². The van der Waals surface area contributed by atoms with E-state index in [1.54, 1.807) is 11.8 Å². The summed E-state index contributed by atoms with van der Waals surface area (Å²) >= 11 is 1.74. The van der Waals surface area contributed by atoms with Crippen molar-refractivity contribution in [1.29, 1.82) is 0 Å². The molecule has 3 nitrogen and oxygen atoms in total. The molecule has 0 heterocycles. The maximum atomic E-state index is 12.3. The molecule has 1 amide bonds. The van der Waals surface area contributed by atoms with Gasteiger partial charge in [-0.1, -0.05) is 30.3 Å². The van der Waals surface area contributed by atoms with Crippen LogP contribution in [0.15, 0.2) is 47.4 Å². The van der Waals surface area contributed by atoms with E-state index in [2.05, 4.69) is 67.9 Å². The van der Waals surface area contributed by atoms with Crippen molar-refractivity contribution in [3.8, 4) is 0 Å². The Morgan fingerprint density at radius 3 is 2.40 bits per heavy atom. The number of amides is 1. The molecule has 2 rings (SSSR count). The minimum Gasteiger partial charge on any atom is -0.348 e. The van der Waals surface area contributed by atoms with Gasteiger partial charge >= 0.3 is 0 Å². The van der Waals surface area contributed by atoms with Gasteiger partial charge in [0.25, 0.3) is 0 Å². The monoisotopic (exact) mass is 356 g/mol. The fourth-order valence-corrected chi connectivity index (χ4v) is 3.16. The van der Waals surface area contributed by atoms with Gasteiger partial charge in [0.2, 0.25) is 5.91 Å². The highest BCUT2D eigenvalue weighted by Gasteiger charge is 2.12. The predicted octanol–water partition coefficient (Wildman–Crippen LogP) is 4.33. The Hall–Kier alpha value is -1.78. The molecule has 0 aliphatic heterocycles. The van der Waals surface area contributed by atoms with Crippen LogP contribution in [0.3, 0.4) is 0 Å². The van der Waals surface area contributed by atoms with E-state index in [4.69, 9.17) is 0 Å². The summed E-state index contributed by atoms with van der Waals surface area (Å²) in [4.78, 5) is 15.6. The zero-order valence-corrected chi connectivity index (χ0v) is 16.6. The van der Waals surface area contributed by atoms with Gasteiger partial charge < -0.3 is 5.32 Å². The molecule has 0 aromatic heterocycles. The lowest BCUT2D eigenvalue weighted by molar-refractivity contribution is -0.122. The first-order chi connectivity index (χ1) is 11.9. The van der Waals surface area contributed by atoms with E-state index in [1.807, 2.05) is 18.9 Å². The van der Waals surface area contributed by atoms with Gasteiger partial charge in [-0.2, -0.15) is 0 Å². The van der Waals surface area contributed by atoms with Crippen LogP contribution < -0.4 is 5.32 Å². The van der Waals surface area contributed by atoms with Crippen molar-refractivity contribution in [1.82, 2.24) is 10.2 Å². The summed E-state index contributed by atoms with van der Waals surface area (Å²) in [6.45, 7) is 7.38. The minimum absolute atomic E-state index is 0.0149. The third-order valence-corrected chi connectivity index (χ3v) is 5.18. The van der Waals surface area contributed by atoms with Crippen LogP contribution in [-0.2, 0) is 11.3 Å². The molecule has 0 spiro atoms. The van der Waals surface area contributed by atoms with E-state index in [0.29, 0.717) is 6.54 Å². The second kappa shape index (κ2) is 9.07. The van der Waals surface area contributed by atoms with E-state index < -0.39 is 0 Å². The fraction of sp³-hybridized carbons (Fsp3) is 0.381. The van der Waals surface area contributed by atoms with Crippen molar-refractivity contribution in [3.05, 3.63) is 64.7 Å². The molecule has 0 fully saturated rings. The zero-order valence-electron chi connectivity index (χ0n) is 15.8. The molecule has 1 atom stereocenters. The average Bonchev–Trinajstić information content (AvgIpc) is 2.57. The number of nitrogens with zero attached hydrogens (tertiary/aromatic N) is 1. The van der Waals surface area contributed by atoms with E-state index in [-0.39, 0.29) is 11.9 Å². The van der Waals surface area contributed by atoms with Crippen LogP contribution in [0.1, 0.15) is 35.2 Å². The molecule has 4 heteroatoms. The highest BCUT2D eigenvalue weighted by molar-refractivity contribution is 7.98. The Labute approximate surface area is 155 Å². The second-order valence-corrected chi connectivity index (χ2v) is 7.53. The van der Waals surface area contributed by atoms with Gasteiger partial charge in [-0.3, -0.25) is 9.69 Å². The van der Waals surface area contributed by atoms with Crippen LogP contribution >= 0.6 is 11.8 Å². The first-order valence-corrected chi connectivity index (χ1v) is 9.79. The van der Waals surface area contributed by atoms with Crippen molar-refractivity contribution in [2.24, 2.45) is 0 Å². The molecule has 0 saturated heterocycles. The van der Waals surface area contributed by atoms with Crippen LogP contribution in [0.4, 0.5) is 0 Å². The Kier molecular flexibility index (Phi) is 7.09. The highest BCUT2D eigenvalue weighted by Crippen LogP contribution is 2.17. The van der Waals surface area contributed by atoms with Crippen molar-refractivity contribution in [3.63, 3.8) is 0 Å². The van der Waals surface area contributed by atoms with E-state index in [1.165, 1.54) is 21.6 Å². The van der Waals surface area contributed by atoms with Crippen LogP contribution in [0.25, 0.3) is 0 Å². The molecule has 2 aromatic carbocycles. The number of nitrogens with one attached hydrogen (secondary N) is 1. The van der Waals surface area contributed by atoms with Crippen LogP contribution in [-0.4, -0.2) is 30.7 Å². The molecule has 0 aliphatic carbocycles. The van der Waals surface area contributed by atoms with Crippen LogP contribution in [0.5, 0.6) is 0 Å². The van der Waals surface area contributed by atoms with Crippen molar-refractivity contribution < 1.29 is 4.79 Å². The Morgan fingerprint density at radius 1 is 1.12 bits per heavy atom. The first kappa shape index (κ1) is 19.5. The quantitative estimate of drug-likeness (QED) is 0.749. The van der Waals surface area contributed by atoms with Crippen molar-refractivity contribution in [2.45, 2.75) is 38.3 Å². The first-order valence-electron chi connectivity index (χ1n) is 8.57. The normalized spacial score (nSPS) is 12.2. The third-order valence-electron chi connectivity index (χ3n) is 4.43. The fourth-order valence-electron chi connectivity index (χ4n) is 2.75.